The third kappa shape index (κ3) is 40.7. The van der Waals surface area contributed by atoms with Crippen molar-refractivity contribution in [3.8, 4) is 0 Å². The highest BCUT2D eigenvalue weighted by molar-refractivity contribution is 7.47. The molecule has 1 N–H and O–H groups in total. The molecule has 314 valence electrons. The van der Waals surface area contributed by atoms with Gasteiger partial charge in [-0.15, -0.1) is 0 Å². The summed E-state index contributed by atoms with van der Waals surface area (Å²) < 4.78 is 34.1. The van der Waals surface area contributed by atoms with Gasteiger partial charge in [0.15, 0.2) is 6.10 Å². The number of allylic oxidation sites excluding steroid dienone is 14. The number of carbonyl (C=O) groups excluding carboxylic acids is 2. The Bertz CT molecular complexity index is 1210. The SMILES string of the molecule is CC/C=C\C/C=C\C/C=C\C/C=C\C/C=C\C/C=C\CCC(=O)OC(COC(=O)CCCCCCC/C=C\CCCCC)COP(=O)(O)OCC[N+](C)(C)C. The number of unbranched alkanes of at least 4 members (excludes halogenated alkanes) is 8. The monoisotopic (exact) mass is 791 g/mol. The van der Waals surface area contributed by atoms with Gasteiger partial charge in [-0.1, -0.05) is 131 Å². The molecule has 0 aromatic heterocycles. The third-order valence-electron chi connectivity index (χ3n) is 8.17. The molecule has 0 radical (unpaired) electrons. The van der Waals surface area contributed by atoms with Crippen molar-refractivity contribution in [3.63, 3.8) is 0 Å². The van der Waals surface area contributed by atoms with Gasteiger partial charge in [0.05, 0.1) is 27.7 Å². The molecule has 0 saturated heterocycles. The summed E-state index contributed by atoms with van der Waals surface area (Å²) in [5.41, 5.74) is 0. The van der Waals surface area contributed by atoms with E-state index in [2.05, 4.69) is 86.8 Å². The topological polar surface area (TPSA) is 108 Å². The molecule has 2 atom stereocenters. The average molecular weight is 791 g/mol. The Labute approximate surface area is 335 Å². The van der Waals surface area contributed by atoms with Gasteiger partial charge in [0.25, 0.3) is 0 Å². The lowest BCUT2D eigenvalue weighted by Gasteiger charge is -2.24. The first-order valence-electron chi connectivity index (χ1n) is 20.8. The fraction of sp³-hybridized carbons (Fsp3) is 0.644. The Balaban J connectivity index is 4.56. The van der Waals surface area contributed by atoms with Crippen LogP contribution in [0.2, 0.25) is 0 Å². The minimum Gasteiger partial charge on any atom is -0.462 e. The zero-order valence-electron chi connectivity index (χ0n) is 35.1. The van der Waals surface area contributed by atoms with Crippen LogP contribution in [0, 0.1) is 0 Å². The first-order valence-corrected chi connectivity index (χ1v) is 22.3. The van der Waals surface area contributed by atoms with Gasteiger partial charge in [0.2, 0.25) is 0 Å². The lowest BCUT2D eigenvalue weighted by Crippen LogP contribution is -2.37. The van der Waals surface area contributed by atoms with Crippen molar-refractivity contribution in [1.82, 2.24) is 0 Å². The number of ether oxygens (including phenoxy) is 2. The molecule has 0 spiro atoms. The zero-order valence-corrected chi connectivity index (χ0v) is 36.0. The summed E-state index contributed by atoms with van der Waals surface area (Å²) in [7, 11) is 1.41. The van der Waals surface area contributed by atoms with Gasteiger partial charge in [0.1, 0.15) is 19.8 Å². The second-order valence-corrected chi connectivity index (χ2v) is 16.1. The molecule has 0 aliphatic carbocycles. The van der Waals surface area contributed by atoms with Crippen LogP contribution < -0.4 is 0 Å². The standard InChI is InChI=1S/C45H76NO8P/c1-6-8-10-12-14-16-18-20-21-22-23-24-25-26-28-30-32-34-36-38-45(48)54-43(42-53-55(49,50)52-40-39-46(3,4)5)41-51-44(47)37-35-33-31-29-27-19-17-15-13-11-9-7-2/h8,10,14-17,20-21,23-24,26,28,32,34,43H,6-7,9,11-13,18-19,22,25,27,29-31,33,35-42H2,1-5H3/p+1/b10-8-,16-14-,17-15-,21-20-,24-23-,28-26-,34-32-. The predicted molar refractivity (Wildman–Crippen MR) is 229 cm³/mol. The highest BCUT2D eigenvalue weighted by Gasteiger charge is 2.27. The quantitative estimate of drug-likeness (QED) is 0.0220. The lowest BCUT2D eigenvalue weighted by molar-refractivity contribution is -0.870. The summed E-state index contributed by atoms with van der Waals surface area (Å²) in [6.07, 6.45) is 46.5. The minimum absolute atomic E-state index is 0.0123. The highest BCUT2D eigenvalue weighted by Crippen LogP contribution is 2.43. The van der Waals surface area contributed by atoms with E-state index in [0.717, 1.165) is 77.0 Å². The molecule has 55 heavy (non-hydrogen) atoms. The van der Waals surface area contributed by atoms with Crippen LogP contribution in [-0.4, -0.2) is 74.9 Å². The van der Waals surface area contributed by atoms with Gasteiger partial charge in [-0.05, 0) is 77.0 Å². The van der Waals surface area contributed by atoms with E-state index in [4.69, 9.17) is 18.5 Å². The summed E-state index contributed by atoms with van der Waals surface area (Å²) in [5, 5.41) is 0. The van der Waals surface area contributed by atoms with Crippen LogP contribution >= 0.6 is 7.82 Å². The van der Waals surface area contributed by atoms with Crippen LogP contribution in [0.5, 0.6) is 0 Å². The predicted octanol–water partition coefficient (Wildman–Crippen LogP) is 11.6. The van der Waals surface area contributed by atoms with Crippen LogP contribution in [0.25, 0.3) is 0 Å². The number of hydrogen-bond donors (Lipinski definition) is 1. The molecule has 10 heteroatoms. The molecule has 0 saturated carbocycles. The Kier molecular flexibility index (Phi) is 34.9. The maximum Gasteiger partial charge on any atom is 0.472 e. The maximum atomic E-state index is 12.6. The molecule has 0 amide bonds. The number of quaternary nitrogens is 1. The largest absolute Gasteiger partial charge is 0.472 e. The van der Waals surface area contributed by atoms with E-state index in [0.29, 0.717) is 23.9 Å². The van der Waals surface area contributed by atoms with Crippen LogP contribution in [0.1, 0.15) is 136 Å². The van der Waals surface area contributed by atoms with E-state index >= 15 is 0 Å². The Morgan fingerprint density at radius 2 is 1.07 bits per heavy atom. The lowest BCUT2D eigenvalue weighted by atomic mass is 10.1. The first kappa shape index (κ1) is 52.2. The number of likely N-dealkylation sites (N-methyl/N-ethyl adjacent to an activating group) is 1. The van der Waals surface area contributed by atoms with Crippen molar-refractivity contribution in [2.24, 2.45) is 0 Å². The normalized spacial score (nSPS) is 14.5. The van der Waals surface area contributed by atoms with E-state index in [1.165, 1.54) is 19.3 Å². The van der Waals surface area contributed by atoms with Crippen LogP contribution in [0.4, 0.5) is 0 Å². The molecule has 2 unspecified atom stereocenters. The van der Waals surface area contributed by atoms with Crippen LogP contribution in [0.15, 0.2) is 85.1 Å². The van der Waals surface area contributed by atoms with Gasteiger partial charge in [-0.2, -0.15) is 0 Å². The molecular weight excluding hydrogens is 713 g/mol. The molecule has 0 aliphatic heterocycles. The molecule has 0 bridgehead atoms. The fourth-order valence-electron chi connectivity index (χ4n) is 4.91. The highest BCUT2D eigenvalue weighted by atomic mass is 31.2. The summed E-state index contributed by atoms with van der Waals surface area (Å²) in [4.78, 5) is 35.2. The van der Waals surface area contributed by atoms with E-state index in [1.54, 1.807) is 0 Å². The van der Waals surface area contributed by atoms with Gasteiger partial charge in [-0.3, -0.25) is 18.6 Å². The summed E-state index contributed by atoms with van der Waals surface area (Å²) in [6.45, 7) is 4.15. The molecule has 0 aromatic carbocycles. The van der Waals surface area contributed by atoms with E-state index in [-0.39, 0.29) is 26.1 Å². The number of rotatable bonds is 36. The third-order valence-corrected chi connectivity index (χ3v) is 9.16. The fourth-order valence-corrected chi connectivity index (χ4v) is 5.66. The molecule has 0 aliphatic rings. The molecule has 9 nitrogen and oxygen atoms in total. The van der Waals surface area contributed by atoms with Crippen molar-refractivity contribution in [3.05, 3.63) is 85.1 Å². The van der Waals surface area contributed by atoms with Gasteiger partial charge in [0, 0.05) is 12.8 Å². The van der Waals surface area contributed by atoms with E-state index in [1.807, 2.05) is 33.3 Å². The minimum atomic E-state index is -4.40. The maximum absolute atomic E-state index is 12.6. The van der Waals surface area contributed by atoms with E-state index in [9.17, 15) is 19.0 Å². The van der Waals surface area contributed by atoms with Gasteiger partial charge < -0.3 is 18.9 Å². The second-order valence-electron chi connectivity index (χ2n) is 14.6. The first-order chi connectivity index (χ1) is 26.5. The number of hydrogen-bond acceptors (Lipinski definition) is 7. The van der Waals surface area contributed by atoms with Crippen molar-refractivity contribution in [2.45, 2.75) is 142 Å². The average Bonchev–Trinajstić information content (AvgIpc) is 3.13. The van der Waals surface area contributed by atoms with Crippen molar-refractivity contribution < 1.29 is 42.1 Å². The molecule has 0 aromatic rings. The molecule has 0 rings (SSSR count). The van der Waals surface area contributed by atoms with Gasteiger partial charge >= 0.3 is 19.8 Å². The van der Waals surface area contributed by atoms with E-state index < -0.39 is 32.5 Å². The van der Waals surface area contributed by atoms with Gasteiger partial charge in [-0.25, -0.2) is 4.57 Å². The molecule has 0 heterocycles. The summed E-state index contributed by atoms with van der Waals surface area (Å²) in [5.74, 6) is -0.917. The summed E-state index contributed by atoms with van der Waals surface area (Å²) >= 11 is 0. The smallest absolute Gasteiger partial charge is 0.462 e. The second kappa shape index (κ2) is 36.8. The van der Waals surface area contributed by atoms with Crippen molar-refractivity contribution in [2.75, 3.05) is 47.5 Å². The Morgan fingerprint density at radius 1 is 0.582 bits per heavy atom. The number of esters is 2. The molecular formula is C45H77NO8P+. The van der Waals surface area contributed by atoms with Crippen LogP contribution in [-0.2, 0) is 32.7 Å². The number of nitrogens with zero attached hydrogens (tertiary/aromatic N) is 1. The Hall–Kier alpha value is -2.81. The number of carbonyl (C=O) groups is 2. The van der Waals surface area contributed by atoms with Crippen molar-refractivity contribution in [1.29, 1.82) is 0 Å². The Morgan fingerprint density at radius 3 is 1.62 bits per heavy atom. The van der Waals surface area contributed by atoms with Crippen LogP contribution in [0.3, 0.4) is 0 Å². The molecule has 0 fully saturated rings. The summed E-state index contributed by atoms with van der Waals surface area (Å²) in [6, 6.07) is 0. The zero-order chi connectivity index (χ0) is 40.7. The number of phosphoric acid groups is 1. The number of phosphoric ester groups is 1. The van der Waals surface area contributed by atoms with Crippen molar-refractivity contribution >= 4 is 19.8 Å².